The van der Waals surface area contributed by atoms with Crippen LogP contribution < -0.4 is 5.73 Å². The van der Waals surface area contributed by atoms with Crippen LogP contribution in [0.4, 0.5) is 0 Å². The maximum atomic E-state index is 12.3. The molecule has 3 heteroatoms. The molecule has 110 valence electrons. The number of nitrogens with two attached hydrogens (primary N) is 1. The molecule has 0 radical (unpaired) electrons. The Morgan fingerprint density at radius 2 is 1.95 bits per heavy atom. The quantitative estimate of drug-likeness (QED) is 0.917. The third-order valence-electron chi connectivity index (χ3n) is 4.69. The number of carbonyl (C=O) groups excluding carboxylic acids is 1. The van der Waals surface area contributed by atoms with E-state index in [1.807, 2.05) is 17.0 Å². The number of carbonyl (C=O) groups is 1. The number of nitrogens with zero attached hydrogens (tertiary/aromatic N) is 1. The van der Waals surface area contributed by atoms with Crippen molar-refractivity contribution in [2.45, 2.75) is 39.5 Å². The highest BCUT2D eigenvalue weighted by Crippen LogP contribution is 2.29. The SMILES string of the molecule is Cc1ccccc1CCC(=O)N1CCC(C)(CN)CC1. The van der Waals surface area contributed by atoms with Crippen molar-refractivity contribution in [3.8, 4) is 0 Å². The summed E-state index contributed by atoms with van der Waals surface area (Å²) >= 11 is 0. The monoisotopic (exact) mass is 274 g/mol. The van der Waals surface area contributed by atoms with Crippen molar-refractivity contribution in [2.24, 2.45) is 11.1 Å². The van der Waals surface area contributed by atoms with Gasteiger partial charge >= 0.3 is 0 Å². The van der Waals surface area contributed by atoms with E-state index in [1.54, 1.807) is 0 Å². The van der Waals surface area contributed by atoms with E-state index in [9.17, 15) is 4.79 Å². The molecule has 0 atom stereocenters. The molecule has 1 aromatic carbocycles. The van der Waals surface area contributed by atoms with Gasteiger partial charge in [0.2, 0.25) is 5.91 Å². The second-order valence-corrected chi connectivity index (χ2v) is 6.32. The van der Waals surface area contributed by atoms with E-state index >= 15 is 0 Å². The molecule has 2 N–H and O–H groups in total. The van der Waals surface area contributed by atoms with Gasteiger partial charge in [-0.05, 0) is 49.3 Å². The lowest BCUT2D eigenvalue weighted by Crippen LogP contribution is -2.44. The lowest BCUT2D eigenvalue weighted by Gasteiger charge is -2.38. The minimum absolute atomic E-state index is 0.229. The van der Waals surface area contributed by atoms with E-state index < -0.39 is 0 Å². The third kappa shape index (κ3) is 3.60. The second-order valence-electron chi connectivity index (χ2n) is 6.32. The van der Waals surface area contributed by atoms with Gasteiger partial charge in [-0.2, -0.15) is 0 Å². The third-order valence-corrected chi connectivity index (χ3v) is 4.69. The predicted molar refractivity (Wildman–Crippen MR) is 82.5 cm³/mol. The molecule has 0 saturated carbocycles. The van der Waals surface area contributed by atoms with Gasteiger partial charge in [0.05, 0.1) is 0 Å². The Hall–Kier alpha value is -1.35. The van der Waals surface area contributed by atoms with E-state index in [0.717, 1.165) is 38.9 Å². The van der Waals surface area contributed by atoms with Crippen molar-refractivity contribution in [3.63, 3.8) is 0 Å². The molecule has 1 fully saturated rings. The molecule has 20 heavy (non-hydrogen) atoms. The van der Waals surface area contributed by atoms with Crippen molar-refractivity contribution >= 4 is 5.91 Å². The van der Waals surface area contributed by atoms with Gasteiger partial charge in [-0.15, -0.1) is 0 Å². The first-order chi connectivity index (χ1) is 9.54. The number of hydrogen-bond donors (Lipinski definition) is 1. The molecule has 0 aliphatic carbocycles. The highest BCUT2D eigenvalue weighted by Gasteiger charge is 2.30. The molecule has 1 amide bonds. The summed E-state index contributed by atoms with van der Waals surface area (Å²) in [7, 11) is 0. The standard InChI is InChI=1S/C17H26N2O/c1-14-5-3-4-6-15(14)7-8-16(20)19-11-9-17(2,13-18)10-12-19/h3-6H,7-13,18H2,1-2H3. The largest absolute Gasteiger partial charge is 0.343 e. The zero-order valence-electron chi connectivity index (χ0n) is 12.7. The van der Waals surface area contributed by atoms with Crippen LogP contribution in [-0.2, 0) is 11.2 Å². The average Bonchev–Trinajstić information content (AvgIpc) is 2.47. The number of amides is 1. The number of piperidine rings is 1. The predicted octanol–water partition coefficient (Wildman–Crippen LogP) is 2.52. The zero-order chi connectivity index (χ0) is 14.6. The summed E-state index contributed by atoms with van der Waals surface area (Å²) in [5.41, 5.74) is 8.59. The van der Waals surface area contributed by atoms with Crippen molar-refractivity contribution in [1.29, 1.82) is 0 Å². The van der Waals surface area contributed by atoms with Crippen LogP contribution in [0.15, 0.2) is 24.3 Å². The number of likely N-dealkylation sites (tertiary alicyclic amines) is 1. The molecule has 0 aromatic heterocycles. The Labute approximate surface area is 122 Å². The summed E-state index contributed by atoms with van der Waals surface area (Å²) < 4.78 is 0. The molecule has 0 bridgehead atoms. The maximum absolute atomic E-state index is 12.3. The van der Waals surface area contributed by atoms with E-state index in [-0.39, 0.29) is 11.3 Å². The minimum Gasteiger partial charge on any atom is -0.343 e. The van der Waals surface area contributed by atoms with E-state index in [4.69, 9.17) is 5.73 Å². The minimum atomic E-state index is 0.229. The molecule has 1 aromatic rings. The highest BCUT2D eigenvalue weighted by molar-refractivity contribution is 5.76. The van der Waals surface area contributed by atoms with E-state index in [2.05, 4.69) is 26.0 Å². The van der Waals surface area contributed by atoms with Crippen LogP contribution in [0.25, 0.3) is 0 Å². The molecular formula is C17H26N2O. The van der Waals surface area contributed by atoms with Gasteiger partial charge in [-0.3, -0.25) is 4.79 Å². The van der Waals surface area contributed by atoms with E-state index in [0.29, 0.717) is 6.42 Å². The van der Waals surface area contributed by atoms with Crippen molar-refractivity contribution in [1.82, 2.24) is 4.90 Å². The van der Waals surface area contributed by atoms with E-state index in [1.165, 1.54) is 11.1 Å². The lowest BCUT2D eigenvalue weighted by atomic mass is 9.80. The van der Waals surface area contributed by atoms with Crippen LogP contribution in [0.5, 0.6) is 0 Å². The Balaban J connectivity index is 1.83. The molecule has 0 spiro atoms. The topological polar surface area (TPSA) is 46.3 Å². The van der Waals surface area contributed by atoms with Gasteiger partial charge in [0, 0.05) is 19.5 Å². The summed E-state index contributed by atoms with van der Waals surface area (Å²) in [6.07, 6.45) is 3.51. The first kappa shape index (κ1) is 15.0. The van der Waals surface area contributed by atoms with Crippen LogP contribution in [0, 0.1) is 12.3 Å². The fourth-order valence-electron chi connectivity index (χ4n) is 2.79. The van der Waals surface area contributed by atoms with Crippen LogP contribution in [0.2, 0.25) is 0 Å². The van der Waals surface area contributed by atoms with Gasteiger partial charge in [0.1, 0.15) is 0 Å². The van der Waals surface area contributed by atoms with Crippen LogP contribution in [0.1, 0.15) is 37.3 Å². The number of rotatable bonds is 4. The average molecular weight is 274 g/mol. The van der Waals surface area contributed by atoms with Gasteiger partial charge in [0.15, 0.2) is 0 Å². The number of hydrogen-bond acceptors (Lipinski definition) is 2. The molecule has 1 aliphatic rings. The summed E-state index contributed by atoms with van der Waals surface area (Å²) in [6.45, 7) is 6.77. The fraction of sp³-hybridized carbons (Fsp3) is 0.588. The first-order valence-electron chi connectivity index (χ1n) is 7.56. The number of benzene rings is 1. The molecule has 1 aliphatic heterocycles. The van der Waals surface area contributed by atoms with Crippen LogP contribution in [-0.4, -0.2) is 30.4 Å². The normalized spacial score (nSPS) is 18.1. The Kier molecular flexibility index (Phi) is 4.81. The zero-order valence-corrected chi connectivity index (χ0v) is 12.7. The fourth-order valence-corrected chi connectivity index (χ4v) is 2.79. The highest BCUT2D eigenvalue weighted by atomic mass is 16.2. The summed E-state index contributed by atoms with van der Waals surface area (Å²) in [5.74, 6) is 0.285. The summed E-state index contributed by atoms with van der Waals surface area (Å²) in [5, 5.41) is 0. The van der Waals surface area contributed by atoms with Gasteiger partial charge in [-0.25, -0.2) is 0 Å². The molecule has 3 nitrogen and oxygen atoms in total. The Morgan fingerprint density at radius 1 is 1.30 bits per heavy atom. The molecule has 1 heterocycles. The lowest BCUT2D eigenvalue weighted by molar-refractivity contribution is -0.133. The molecule has 1 saturated heterocycles. The smallest absolute Gasteiger partial charge is 0.222 e. The molecule has 2 rings (SSSR count). The summed E-state index contributed by atoms with van der Waals surface area (Å²) in [4.78, 5) is 14.3. The Morgan fingerprint density at radius 3 is 2.55 bits per heavy atom. The van der Waals surface area contributed by atoms with Crippen LogP contribution in [0.3, 0.4) is 0 Å². The molecular weight excluding hydrogens is 248 g/mol. The van der Waals surface area contributed by atoms with Crippen molar-refractivity contribution in [3.05, 3.63) is 35.4 Å². The maximum Gasteiger partial charge on any atom is 0.222 e. The molecule has 0 unspecified atom stereocenters. The van der Waals surface area contributed by atoms with Crippen LogP contribution >= 0.6 is 0 Å². The number of aryl methyl sites for hydroxylation is 2. The second kappa shape index (κ2) is 6.40. The summed E-state index contributed by atoms with van der Waals surface area (Å²) in [6, 6.07) is 8.30. The van der Waals surface area contributed by atoms with Crippen molar-refractivity contribution < 1.29 is 4.79 Å². The van der Waals surface area contributed by atoms with Gasteiger partial charge < -0.3 is 10.6 Å². The van der Waals surface area contributed by atoms with Crippen molar-refractivity contribution in [2.75, 3.05) is 19.6 Å². The van der Waals surface area contributed by atoms with Gasteiger partial charge in [-0.1, -0.05) is 31.2 Å². The Bertz CT molecular complexity index is 462. The first-order valence-corrected chi connectivity index (χ1v) is 7.56. The van der Waals surface area contributed by atoms with Gasteiger partial charge in [0.25, 0.3) is 0 Å².